The molecule has 10 nitrogen and oxygen atoms in total. The predicted octanol–water partition coefficient (Wildman–Crippen LogP) is -0.162. The average Bonchev–Trinajstić information content (AvgIpc) is 2.93. The van der Waals surface area contributed by atoms with Crippen LogP contribution in [0.1, 0.15) is 44.9 Å². The summed E-state index contributed by atoms with van der Waals surface area (Å²) in [5.74, 6) is 1.17. The predicted molar refractivity (Wildman–Crippen MR) is 136 cm³/mol. The fraction of sp³-hybridized carbons (Fsp3) is 0.846. The first-order chi connectivity index (χ1) is 17.6. The van der Waals surface area contributed by atoms with Crippen molar-refractivity contribution in [1.29, 1.82) is 0 Å². The lowest BCUT2D eigenvalue weighted by Crippen LogP contribution is -2.56. The second-order valence-electron chi connectivity index (χ2n) is 11.0. The fourth-order valence-corrected chi connectivity index (χ4v) is 6.36. The van der Waals surface area contributed by atoms with Gasteiger partial charge < -0.3 is 20.0 Å². The van der Waals surface area contributed by atoms with Crippen molar-refractivity contribution in [2.24, 2.45) is 11.8 Å². The molecule has 1 atom stereocenters. The highest BCUT2D eigenvalue weighted by Gasteiger charge is 2.34. The monoisotopic (exact) mass is 504 g/mol. The van der Waals surface area contributed by atoms with E-state index in [1.165, 1.54) is 6.42 Å². The Bertz CT molecular complexity index is 737. The Morgan fingerprint density at radius 3 is 2.00 bits per heavy atom. The van der Waals surface area contributed by atoms with Crippen LogP contribution in [0.15, 0.2) is 0 Å². The Kier molecular flexibility index (Phi) is 9.98. The quantitative estimate of drug-likeness (QED) is 0.439. The van der Waals surface area contributed by atoms with E-state index in [1.807, 2.05) is 9.80 Å². The molecule has 202 valence electrons. The van der Waals surface area contributed by atoms with Gasteiger partial charge in [0, 0.05) is 58.9 Å². The van der Waals surface area contributed by atoms with E-state index in [2.05, 4.69) is 15.1 Å². The van der Waals surface area contributed by atoms with Crippen LogP contribution in [-0.2, 0) is 19.2 Å². The number of carbonyl (C=O) groups excluding carboxylic acids is 4. The van der Waals surface area contributed by atoms with Crippen LogP contribution in [0.5, 0.6) is 0 Å². The van der Waals surface area contributed by atoms with Crippen LogP contribution in [0.4, 0.5) is 0 Å². The van der Waals surface area contributed by atoms with E-state index in [0.717, 1.165) is 90.7 Å². The maximum Gasteiger partial charge on any atom is 0.245 e. The number of hydrogen-bond donors (Lipinski definition) is 1. The second-order valence-corrected chi connectivity index (χ2v) is 11.0. The van der Waals surface area contributed by atoms with E-state index in [9.17, 15) is 19.2 Å². The molecule has 3 heterocycles. The zero-order valence-electron chi connectivity index (χ0n) is 21.7. The minimum absolute atomic E-state index is 0.0965. The van der Waals surface area contributed by atoms with Crippen molar-refractivity contribution in [1.82, 2.24) is 29.8 Å². The highest BCUT2D eigenvalue weighted by molar-refractivity contribution is 5.84. The summed E-state index contributed by atoms with van der Waals surface area (Å²) in [7, 11) is 0. The number of amides is 4. The number of nitrogens with one attached hydrogen (secondary N) is 1. The van der Waals surface area contributed by atoms with Crippen molar-refractivity contribution in [2.75, 3.05) is 78.5 Å². The molecule has 3 saturated heterocycles. The third kappa shape index (κ3) is 7.18. The normalized spacial score (nSPS) is 24.4. The van der Waals surface area contributed by atoms with Crippen LogP contribution in [0.2, 0.25) is 0 Å². The molecule has 0 aromatic heterocycles. The molecule has 4 rings (SSSR count). The summed E-state index contributed by atoms with van der Waals surface area (Å²) in [6.45, 7) is 9.18. The topological polar surface area (TPSA) is 96.5 Å². The zero-order valence-corrected chi connectivity index (χ0v) is 21.7. The van der Waals surface area contributed by atoms with Crippen LogP contribution in [0.25, 0.3) is 0 Å². The molecule has 0 bridgehead atoms. The summed E-state index contributed by atoms with van der Waals surface area (Å²) in [6.07, 6.45) is 9.33. The molecule has 4 amide bonds. The first-order valence-electron chi connectivity index (χ1n) is 14.0. The minimum Gasteiger partial charge on any atom is -0.347 e. The first kappa shape index (κ1) is 26.9. The fourth-order valence-electron chi connectivity index (χ4n) is 6.36. The highest BCUT2D eigenvalue weighted by Crippen LogP contribution is 2.27. The Morgan fingerprint density at radius 1 is 0.750 bits per heavy atom. The maximum absolute atomic E-state index is 13.2. The molecule has 0 aromatic carbocycles. The molecule has 4 fully saturated rings. The van der Waals surface area contributed by atoms with Gasteiger partial charge in [-0.3, -0.25) is 29.0 Å². The summed E-state index contributed by atoms with van der Waals surface area (Å²) >= 11 is 0. The third-order valence-corrected chi connectivity index (χ3v) is 8.72. The molecule has 0 spiro atoms. The van der Waals surface area contributed by atoms with Crippen molar-refractivity contribution in [2.45, 2.75) is 51.0 Å². The van der Waals surface area contributed by atoms with E-state index >= 15 is 0 Å². The average molecular weight is 505 g/mol. The van der Waals surface area contributed by atoms with Crippen molar-refractivity contribution in [3.63, 3.8) is 0 Å². The number of piperidine rings is 1. The van der Waals surface area contributed by atoms with E-state index in [1.54, 1.807) is 4.90 Å². The summed E-state index contributed by atoms with van der Waals surface area (Å²) in [4.78, 5) is 58.2. The molecule has 0 aromatic rings. The van der Waals surface area contributed by atoms with E-state index in [-0.39, 0.29) is 23.8 Å². The number of hydrogen-bond acceptors (Lipinski definition) is 6. The third-order valence-electron chi connectivity index (χ3n) is 8.72. The molecule has 1 saturated carbocycles. The molecule has 36 heavy (non-hydrogen) atoms. The van der Waals surface area contributed by atoms with Crippen LogP contribution in [-0.4, -0.2) is 134 Å². The zero-order chi connectivity index (χ0) is 25.3. The minimum atomic E-state index is -0.365. The summed E-state index contributed by atoms with van der Waals surface area (Å²) in [5.41, 5.74) is 0. The first-order valence-corrected chi connectivity index (χ1v) is 14.0. The van der Waals surface area contributed by atoms with Crippen molar-refractivity contribution in [3.05, 3.63) is 0 Å². The maximum atomic E-state index is 13.2. The van der Waals surface area contributed by atoms with Crippen molar-refractivity contribution in [3.8, 4) is 0 Å². The van der Waals surface area contributed by atoms with E-state index < -0.39 is 0 Å². The lowest BCUT2D eigenvalue weighted by molar-refractivity contribution is -0.138. The molecule has 1 aliphatic carbocycles. The summed E-state index contributed by atoms with van der Waals surface area (Å²) in [5, 5.41) is 2.84. The van der Waals surface area contributed by atoms with E-state index in [4.69, 9.17) is 0 Å². The summed E-state index contributed by atoms with van der Waals surface area (Å²) < 4.78 is 0. The Morgan fingerprint density at radius 2 is 1.39 bits per heavy atom. The molecule has 1 N–H and O–H groups in total. The Balaban J connectivity index is 1.14. The summed E-state index contributed by atoms with van der Waals surface area (Å²) in [6, 6.07) is -0.365. The molecule has 3 aliphatic heterocycles. The number of carbonyl (C=O) groups is 4. The molecule has 4 aliphatic rings. The molecular formula is C26H44N6O4. The van der Waals surface area contributed by atoms with Crippen LogP contribution >= 0.6 is 0 Å². The van der Waals surface area contributed by atoms with Gasteiger partial charge >= 0.3 is 0 Å². The Labute approximate surface area is 215 Å². The SMILES string of the molecule is O=CNC(C(=O)N1CCN(CC2CCN(CC(=O)N3CCN(C=O)CC3)CC2)CC1)C1CCCCC1. The smallest absolute Gasteiger partial charge is 0.245 e. The van der Waals surface area contributed by atoms with Crippen molar-refractivity contribution >= 4 is 24.6 Å². The second kappa shape index (κ2) is 13.4. The van der Waals surface area contributed by atoms with Gasteiger partial charge in [-0.05, 0) is 50.6 Å². The van der Waals surface area contributed by atoms with Crippen LogP contribution in [0, 0.1) is 11.8 Å². The lowest BCUT2D eigenvalue weighted by atomic mass is 9.83. The van der Waals surface area contributed by atoms with Crippen molar-refractivity contribution < 1.29 is 19.2 Å². The van der Waals surface area contributed by atoms with Crippen LogP contribution in [0.3, 0.4) is 0 Å². The molecule has 1 unspecified atom stereocenters. The van der Waals surface area contributed by atoms with E-state index in [0.29, 0.717) is 45.1 Å². The Hall–Kier alpha value is -2.20. The lowest BCUT2D eigenvalue weighted by Gasteiger charge is -2.41. The largest absolute Gasteiger partial charge is 0.347 e. The van der Waals surface area contributed by atoms with Crippen LogP contribution < -0.4 is 5.32 Å². The van der Waals surface area contributed by atoms with Gasteiger partial charge in [0.05, 0.1) is 6.54 Å². The van der Waals surface area contributed by atoms with Gasteiger partial charge in [0.2, 0.25) is 24.6 Å². The number of likely N-dealkylation sites (tertiary alicyclic amines) is 1. The van der Waals surface area contributed by atoms with Gasteiger partial charge in [0.15, 0.2) is 0 Å². The molecule has 0 radical (unpaired) electrons. The molecular weight excluding hydrogens is 460 g/mol. The standard InChI is InChI=1S/C26H44N6O4/c33-20-27-25(23-4-2-1-3-5-23)26(36)32-16-10-29(11-17-32)18-22-6-8-28(9-7-22)19-24(35)31-14-12-30(21-34)13-15-31/h20-23,25H,1-19H2,(H,27,33). The van der Waals surface area contributed by atoms with Gasteiger partial charge in [-0.1, -0.05) is 19.3 Å². The molecule has 10 heteroatoms. The van der Waals surface area contributed by atoms with Gasteiger partial charge in [-0.25, -0.2) is 0 Å². The van der Waals surface area contributed by atoms with Gasteiger partial charge in [-0.15, -0.1) is 0 Å². The highest BCUT2D eigenvalue weighted by atomic mass is 16.2. The number of nitrogens with zero attached hydrogens (tertiary/aromatic N) is 5. The van der Waals surface area contributed by atoms with Gasteiger partial charge in [0.1, 0.15) is 6.04 Å². The van der Waals surface area contributed by atoms with Gasteiger partial charge in [-0.2, -0.15) is 0 Å². The number of piperazine rings is 2. The number of rotatable bonds is 9. The van der Waals surface area contributed by atoms with Gasteiger partial charge in [0.25, 0.3) is 0 Å².